The Bertz CT molecular complexity index is 423. The Morgan fingerprint density at radius 2 is 1.79 bits per heavy atom. The van der Waals surface area contributed by atoms with Crippen molar-refractivity contribution in [3.05, 3.63) is 34.3 Å². The van der Waals surface area contributed by atoms with Crippen LogP contribution < -0.4 is 0 Å². The van der Waals surface area contributed by atoms with Gasteiger partial charge in [-0.05, 0) is 49.8 Å². The lowest BCUT2D eigenvalue weighted by Gasteiger charge is -2.35. The van der Waals surface area contributed by atoms with Crippen LogP contribution in [0.15, 0.2) is 28.7 Å². The van der Waals surface area contributed by atoms with Crippen molar-refractivity contribution in [2.75, 3.05) is 19.6 Å². The lowest BCUT2D eigenvalue weighted by Crippen LogP contribution is -2.46. The average molecular weight is 324 g/mol. The van der Waals surface area contributed by atoms with Crippen molar-refractivity contribution in [3.63, 3.8) is 0 Å². The first-order chi connectivity index (χ1) is 9.11. The highest BCUT2D eigenvalue weighted by atomic mass is 79.9. The zero-order valence-corrected chi connectivity index (χ0v) is 13.3. The van der Waals surface area contributed by atoms with Crippen LogP contribution in [0.25, 0.3) is 0 Å². The molecule has 104 valence electrons. The van der Waals surface area contributed by atoms with Gasteiger partial charge < -0.3 is 4.74 Å². The third-order valence-corrected chi connectivity index (χ3v) is 4.74. The number of halogens is 1. The molecule has 2 nitrogen and oxygen atoms in total. The van der Waals surface area contributed by atoms with Crippen LogP contribution >= 0.6 is 15.9 Å². The molecule has 0 spiro atoms. The Labute approximate surface area is 124 Å². The van der Waals surface area contributed by atoms with Gasteiger partial charge in [-0.25, -0.2) is 0 Å². The highest BCUT2D eigenvalue weighted by Gasteiger charge is 2.40. The topological polar surface area (TPSA) is 12.5 Å². The summed E-state index contributed by atoms with van der Waals surface area (Å²) in [4.78, 5) is 2.59. The summed E-state index contributed by atoms with van der Waals surface area (Å²) in [5.74, 6) is 1.63. The standard InChI is InChI=1S/C16H22BrNO/c1-11-8-18(9-12(2)19-11)10-14-7-16(14)13-3-5-15(17)6-4-13/h3-6,11-12,14,16H,7-10H2,1-2H3/t11-,12+,14-,16-/m0/s1. The number of hydrogen-bond acceptors (Lipinski definition) is 2. The fourth-order valence-corrected chi connectivity index (χ4v) is 3.60. The van der Waals surface area contributed by atoms with E-state index in [4.69, 9.17) is 4.74 Å². The highest BCUT2D eigenvalue weighted by molar-refractivity contribution is 9.10. The van der Waals surface area contributed by atoms with E-state index in [9.17, 15) is 0 Å². The molecule has 1 aliphatic heterocycles. The molecule has 0 radical (unpaired) electrons. The minimum absolute atomic E-state index is 0.383. The highest BCUT2D eigenvalue weighted by Crippen LogP contribution is 2.48. The Hall–Kier alpha value is -0.380. The summed E-state index contributed by atoms with van der Waals surface area (Å²) in [7, 11) is 0. The molecule has 1 aliphatic carbocycles. The van der Waals surface area contributed by atoms with Crippen molar-refractivity contribution in [2.24, 2.45) is 5.92 Å². The first-order valence-corrected chi connectivity index (χ1v) is 8.04. The first-order valence-electron chi connectivity index (χ1n) is 7.25. The Morgan fingerprint density at radius 3 is 2.42 bits per heavy atom. The number of hydrogen-bond donors (Lipinski definition) is 0. The van der Waals surface area contributed by atoms with Crippen molar-refractivity contribution in [2.45, 2.75) is 38.4 Å². The number of nitrogens with zero attached hydrogens (tertiary/aromatic N) is 1. The van der Waals surface area contributed by atoms with E-state index < -0.39 is 0 Å². The van der Waals surface area contributed by atoms with E-state index in [1.165, 1.54) is 23.0 Å². The lowest BCUT2D eigenvalue weighted by molar-refractivity contribution is -0.0690. The van der Waals surface area contributed by atoms with Gasteiger partial charge in [0.2, 0.25) is 0 Å². The van der Waals surface area contributed by atoms with Crippen molar-refractivity contribution < 1.29 is 4.74 Å². The van der Waals surface area contributed by atoms with Crippen molar-refractivity contribution >= 4 is 15.9 Å². The maximum absolute atomic E-state index is 5.80. The third kappa shape index (κ3) is 3.39. The summed E-state index contributed by atoms with van der Waals surface area (Å²) < 4.78 is 6.97. The van der Waals surface area contributed by atoms with Gasteiger partial charge in [0, 0.05) is 24.1 Å². The summed E-state index contributed by atoms with van der Waals surface area (Å²) >= 11 is 3.50. The van der Waals surface area contributed by atoms with Crippen molar-refractivity contribution in [3.8, 4) is 0 Å². The molecule has 3 rings (SSSR count). The van der Waals surface area contributed by atoms with Crippen LogP contribution in [0.3, 0.4) is 0 Å². The lowest BCUT2D eigenvalue weighted by atomic mass is 10.1. The van der Waals surface area contributed by atoms with E-state index in [1.54, 1.807) is 0 Å². The zero-order valence-electron chi connectivity index (χ0n) is 11.7. The molecule has 1 saturated heterocycles. The average Bonchev–Trinajstić information content (AvgIpc) is 3.08. The minimum atomic E-state index is 0.383. The van der Waals surface area contributed by atoms with Gasteiger partial charge in [0.15, 0.2) is 0 Å². The van der Waals surface area contributed by atoms with E-state index in [0.29, 0.717) is 12.2 Å². The summed E-state index contributed by atoms with van der Waals surface area (Å²) in [5, 5.41) is 0. The van der Waals surface area contributed by atoms with Crippen LogP contribution in [-0.2, 0) is 4.74 Å². The smallest absolute Gasteiger partial charge is 0.0678 e. The van der Waals surface area contributed by atoms with E-state index in [2.05, 4.69) is 58.9 Å². The van der Waals surface area contributed by atoms with Crippen LogP contribution in [0, 0.1) is 5.92 Å². The summed E-state index contributed by atoms with van der Waals surface area (Å²) in [6.45, 7) is 7.78. The van der Waals surface area contributed by atoms with Gasteiger partial charge in [0.05, 0.1) is 12.2 Å². The van der Waals surface area contributed by atoms with Gasteiger partial charge >= 0.3 is 0 Å². The van der Waals surface area contributed by atoms with Crippen LogP contribution in [0.1, 0.15) is 31.7 Å². The molecule has 0 N–H and O–H groups in total. The minimum Gasteiger partial charge on any atom is -0.373 e. The van der Waals surface area contributed by atoms with Crippen molar-refractivity contribution in [1.29, 1.82) is 0 Å². The van der Waals surface area contributed by atoms with Gasteiger partial charge in [-0.2, -0.15) is 0 Å². The summed E-state index contributed by atoms with van der Waals surface area (Å²) in [6.07, 6.45) is 2.11. The van der Waals surface area contributed by atoms with Gasteiger partial charge in [0.25, 0.3) is 0 Å². The van der Waals surface area contributed by atoms with Crippen LogP contribution in [-0.4, -0.2) is 36.7 Å². The largest absolute Gasteiger partial charge is 0.373 e. The molecular formula is C16H22BrNO. The number of morpholine rings is 1. The van der Waals surface area contributed by atoms with E-state index >= 15 is 0 Å². The predicted octanol–water partition coefficient (Wildman–Crippen LogP) is 3.66. The van der Waals surface area contributed by atoms with Gasteiger partial charge in [-0.1, -0.05) is 28.1 Å². The molecule has 4 atom stereocenters. The molecular weight excluding hydrogens is 302 g/mol. The predicted molar refractivity (Wildman–Crippen MR) is 81.4 cm³/mol. The molecule has 3 heteroatoms. The van der Waals surface area contributed by atoms with Gasteiger partial charge in [0.1, 0.15) is 0 Å². The molecule has 1 aromatic carbocycles. The SMILES string of the molecule is C[C@@H]1CN(C[C@@H]2C[C@H]2c2ccc(Br)cc2)C[C@H](C)O1. The molecule has 0 bridgehead atoms. The second kappa shape index (κ2) is 5.55. The summed E-state index contributed by atoms with van der Waals surface area (Å²) in [5.41, 5.74) is 1.50. The third-order valence-electron chi connectivity index (χ3n) is 4.21. The normalized spacial score (nSPS) is 35.3. The quantitative estimate of drug-likeness (QED) is 0.841. The Balaban J connectivity index is 1.54. The molecule has 2 fully saturated rings. The maximum atomic E-state index is 5.80. The van der Waals surface area contributed by atoms with Gasteiger partial charge in [-0.3, -0.25) is 4.90 Å². The number of ether oxygens (including phenoxy) is 1. The second-order valence-electron chi connectivity index (χ2n) is 6.13. The fourth-order valence-electron chi connectivity index (χ4n) is 3.33. The molecule has 0 amide bonds. The molecule has 19 heavy (non-hydrogen) atoms. The molecule has 0 aromatic heterocycles. The first kappa shape index (κ1) is 13.6. The molecule has 1 saturated carbocycles. The fraction of sp³-hybridized carbons (Fsp3) is 0.625. The van der Waals surface area contributed by atoms with Gasteiger partial charge in [-0.15, -0.1) is 0 Å². The van der Waals surface area contributed by atoms with E-state index in [-0.39, 0.29) is 0 Å². The molecule has 2 aliphatic rings. The maximum Gasteiger partial charge on any atom is 0.0678 e. The summed E-state index contributed by atoms with van der Waals surface area (Å²) in [6, 6.07) is 8.84. The Morgan fingerprint density at radius 1 is 1.16 bits per heavy atom. The van der Waals surface area contributed by atoms with Crippen LogP contribution in [0.2, 0.25) is 0 Å². The number of benzene rings is 1. The van der Waals surface area contributed by atoms with Crippen LogP contribution in [0.4, 0.5) is 0 Å². The van der Waals surface area contributed by atoms with Crippen molar-refractivity contribution in [1.82, 2.24) is 4.90 Å². The molecule has 1 aromatic rings. The second-order valence-corrected chi connectivity index (χ2v) is 7.05. The zero-order chi connectivity index (χ0) is 13.4. The molecule has 0 unspecified atom stereocenters. The van der Waals surface area contributed by atoms with E-state index in [1.807, 2.05) is 0 Å². The Kier molecular flexibility index (Phi) is 3.97. The van der Waals surface area contributed by atoms with Crippen LogP contribution in [0.5, 0.6) is 0 Å². The van der Waals surface area contributed by atoms with E-state index in [0.717, 1.165) is 24.9 Å². The monoisotopic (exact) mass is 323 g/mol. The molecule has 1 heterocycles. The number of rotatable bonds is 3.